The molecule has 0 aliphatic heterocycles. The first-order valence-electron chi connectivity index (χ1n) is 9.17. The van der Waals surface area contributed by atoms with Gasteiger partial charge in [0.25, 0.3) is 11.8 Å². The Hall–Kier alpha value is -3.12. The number of hydrazine groups is 1. The van der Waals surface area contributed by atoms with Gasteiger partial charge in [-0.1, -0.05) is 64.5 Å². The summed E-state index contributed by atoms with van der Waals surface area (Å²) in [5.41, 5.74) is 7.73. The van der Waals surface area contributed by atoms with Crippen LogP contribution in [0.4, 0.5) is 0 Å². The van der Waals surface area contributed by atoms with E-state index in [1.54, 1.807) is 30.3 Å². The van der Waals surface area contributed by atoms with Crippen LogP contribution in [0, 0.1) is 6.92 Å². The minimum absolute atomic E-state index is 0.331. The molecule has 0 heterocycles. The second kappa shape index (κ2) is 9.89. The molecule has 3 aromatic carbocycles. The first-order chi connectivity index (χ1) is 14.0. The number of halogens is 1. The van der Waals surface area contributed by atoms with E-state index in [2.05, 4.69) is 26.8 Å². The molecule has 0 bridgehead atoms. The summed E-state index contributed by atoms with van der Waals surface area (Å²) in [6.07, 6.45) is 0.724. The van der Waals surface area contributed by atoms with Crippen molar-refractivity contribution in [2.24, 2.45) is 0 Å². The summed E-state index contributed by atoms with van der Waals surface area (Å²) in [6, 6.07) is 22.3. The Morgan fingerprint density at radius 2 is 1.52 bits per heavy atom. The van der Waals surface area contributed by atoms with Gasteiger partial charge in [0, 0.05) is 16.5 Å². The van der Waals surface area contributed by atoms with E-state index in [4.69, 9.17) is 4.74 Å². The summed E-state index contributed by atoms with van der Waals surface area (Å²) in [5, 5.41) is 0. The maximum atomic E-state index is 12.6. The van der Waals surface area contributed by atoms with Crippen LogP contribution >= 0.6 is 15.9 Å². The highest BCUT2D eigenvalue weighted by molar-refractivity contribution is 9.10. The number of hydrogen-bond donors (Lipinski definition) is 2. The first kappa shape index (κ1) is 20.6. The molecule has 148 valence electrons. The highest BCUT2D eigenvalue weighted by Gasteiger charge is 2.15. The fraction of sp³-hybridized carbons (Fsp3) is 0.130. The zero-order valence-corrected chi connectivity index (χ0v) is 17.5. The minimum atomic E-state index is -0.456. The minimum Gasteiger partial charge on any atom is -0.492 e. The topological polar surface area (TPSA) is 67.4 Å². The molecule has 0 fully saturated rings. The highest BCUT2D eigenvalue weighted by Crippen LogP contribution is 2.23. The molecule has 6 heteroatoms. The summed E-state index contributed by atoms with van der Waals surface area (Å²) in [7, 11) is 0. The average Bonchev–Trinajstić information content (AvgIpc) is 2.74. The van der Waals surface area contributed by atoms with E-state index in [1.165, 1.54) is 0 Å². The number of rotatable bonds is 6. The van der Waals surface area contributed by atoms with Crippen LogP contribution in [-0.4, -0.2) is 18.4 Å². The van der Waals surface area contributed by atoms with Gasteiger partial charge in [-0.3, -0.25) is 20.4 Å². The van der Waals surface area contributed by atoms with Gasteiger partial charge in [-0.05, 0) is 42.3 Å². The molecule has 3 rings (SSSR count). The third kappa shape index (κ3) is 5.68. The van der Waals surface area contributed by atoms with Crippen LogP contribution in [0.15, 0.2) is 77.3 Å². The Morgan fingerprint density at radius 3 is 2.24 bits per heavy atom. The van der Waals surface area contributed by atoms with E-state index in [0.29, 0.717) is 23.5 Å². The quantitative estimate of drug-likeness (QED) is 0.542. The second-order valence-corrected chi connectivity index (χ2v) is 7.36. The maximum Gasteiger partial charge on any atom is 0.273 e. The monoisotopic (exact) mass is 452 g/mol. The van der Waals surface area contributed by atoms with Crippen molar-refractivity contribution in [2.75, 3.05) is 6.61 Å². The Balaban J connectivity index is 1.64. The van der Waals surface area contributed by atoms with Gasteiger partial charge in [0.1, 0.15) is 5.75 Å². The van der Waals surface area contributed by atoms with Gasteiger partial charge in [-0.25, -0.2) is 0 Å². The van der Waals surface area contributed by atoms with E-state index in [1.807, 2.05) is 49.4 Å². The van der Waals surface area contributed by atoms with Gasteiger partial charge in [0.05, 0.1) is 12.2 Å². The third-order valence-electron chi connectivity index (χ3n) is 4.36. The van der Waals surface area contributed by atoms with Crippen LogP contribution in [0.3, 0.4) is 0 Å². The number of aryl methyl sites for hydroxylation is 1. The number of amides is 2. The average molecular weight is 453 g/mol. The van der Waals surface area contributed by atoms with Crippen molar-refractivity contribution in [1.82, 2.24) is 10.9 Å². The molecule has 0 radical (unpaired) electrons. The van der Waals surface area contributed by atoms with Crippen LogP contribution in [0.5, 0.6) is 5.75 Å². The number of carbonyl (C=O) groups excluding carboxylic acids is 2. The van der Waals surface area contributed by atoms with Crippen LogP contribution in [0.1, 0.15) is 31.8 Å². The molecule has 0 unspecified atom stereocenters. The molecule has 2 N–H and O–H groups in total. The fourth-order valence-corrected chi connectivity index (χ4v) is 3.17. The molecule has 5 nitrogen and oxygen atoms in total. The van der Waals surface area contributed by atoms with Crippen molar-refractivity contribution in [3.05, 3.63) is 99.5 Å². The molecular weight excluding hydrogens is 432 g/mol. The predicted octanol–water partition coefficient (Wildman–Crippen LogP) is 4.45. The van der Waals surface area contributed by atoms with Gasteiger partial charge in [0.15, 0.2) is 0 Å². The standard InChI is InChI=1S/C23H21BrN2O3/c1-16-7-5-6-10-19(16)22(27)25-26-23(28)20-15-18(24)11-12-21(20)29-14-13-17-8-3-2-4-9-17/h2-12,15H,13-14H2,1H3,(H,25,27)(H,26,28). The van der Waals surface area contributed by atoms with Crippen molar-refractivity contribution in [3.8, 4) is 5.75 Å². The van der Waals surface area contributed by atoms with E-state index in [0.717, 1.165) is 22.0 Å². The SMILES string of the molecule is Cc1ccccc1C(=O)NNC(=O)c1cc(Br)ccc1OCCc1ccccc1. The lowest BCUT2D eigenvalue weighted by Gasteiger charge is -2.13. The molecule has 0 aliphatic rings. The summed E-state index contributed by atoms with van der Waals surface area (Å²) < 4.78 is 6.57. The summed E-state index contributed by atoms with van der Waals surface area (Å²) in [6.45, 7) is 2.27. The van der Waals surface area contributed by atoms with Crippen LogP contribution in [0.25, 0.3) is 0 Å². The lowest BCUT2D eigenvalue weighted by atomic mass is 10.1. The molecule has 2 amide bonds. The molecule has 0 saturated carbocycles. The van der Waals surface area contributed by atoms with E-state index in [-0.39, 0.29) is 5.91 Å². The van der Waals surface area contributed by atoms with E-state index >= 15 is 0 Å². The second-order valence-electron chi connectivity index (χ2n) is 6.45. The third-order valence-corrected chi connectivity index (χ3v) is 4.85. The van der Waals surface area contributed by atoms with Gasteiger partial charge < -0.3 is 4.74 Å². The zero-order chi connectivity index (χ0) is 20.6. The number of hydrogen-bond acceptors (Lipinski definition) is 3. The molecule has 0 atom stereocenters. The van der Waals surface area contributed by atoms with Crippen LogP contribution < -0.4 is 15.6 Å². The first-order valence-corrected chi connectivity index (χ1v) is 9.96. The van der Waals surface area contributed by atoms with Gasteiger partial charge in [-0.15, -0.1) is 0 Å². The molecule has 29 heavy (non-hydrogen) atoms. The van der Waals surface area contributed by atoms with Crippen molar-refractivity contribution in [3.63, 3.8) is 0 Å². The van der Waals surface area contributed by atoms with E-state index < -0.39 is 5.91 Å². The summed E-state index contributed by atoms with van der Waals surface area (Å²) in [5.74, 6) is -0.382. The molecule has 0 spiro atoms. The molecule has 0 saturated heterocycles. The molecular formula is C23H21BrN2O3. The lowest BCUT2D eigenvalue weighted by molar-refractivity contribution is 0.0844. The Morgan fingerprint density at radius 1 is 0.862 bits per heavy atom. The fourth-order valence-electron chi connectivity index (χ4n) is 2.80. The smallest absolute Gasteiger partial charge is 0.273 e. The Bertz CT molecular complexity index is 1010. The van der Waals surface area contributed by atoms with Crippen molar-refractivity contribution in [1.29, 1.82) is 0 Å². The van der Waals surface area contributed by atoms with Crippen molar-refractivity contribution in [2.45, 2.75) is 13.3 Å². The largest absolute Gasteiger partial charge is 0.492 e. The zero-order valence-electron chi connectivity index (χ0n) is 15.9. The Labute approximate surface area is 178 Å². The van der Waals surface area contributed by atoms with Crippen LogP contribution in [0.2, 0.25) is 0 Å². The van der Waals surface area contributed by atoms with Gasteiger partial charge in [0.2, 0.25) is 0 Å². The van der Waals surface area contributed by atoms with Gasteiger partial charge in [-0.2, -0.15) is 0 Å². The number of benzene rings is 3. The summed E-state index contributed by atoms with van der Waals surface area (Å²) >= 11 is 3.37. The van der Waals surface area contributed by atoms with Crippen molar-refractivity contribution < 1.29 is 14.3 Å². The normalized spacial score (nSPS) is 10.3. The van der Waals surface area contributed by atoms with E-state index in [9.17, 15) is 9.59 Å². The Kier molecular flexibility index (Phi) is 7.03. The van der Waals surface area contributed by atoms with Crippen LogP contribution in [-0.2, 0) is 6.42 Å². The summed E-state index contributed by atoms with van der Waals surface area (Å²) in [4.78, 5) is 25.0. The van der Waals surface area contributed by atoms with Gasteiger partial charge >= 0.3 is 0 Å². The van der Waals surface area contributed by atoms with Crippen molar-refractivity contribution >= 4 is 27.7 Å². The predicted molar refractivity (Wildman–Crippen MR) is 116 cm³/mol. The number of carbonyl (C=O) groups is 2. The molecule has 0 aromatic heterocycles. The molecule has 3 aromatic rings. The molecule has 0 aliphatic carbocycles. The lowest BCUT2D eigenvalue weighted by Crippen LogP contribution is -2.42. The maximum absolute atomic E-state index is 12.6. The number of nitrogens with one attached hydrogen (secondary N) is 2. The highest BCUT2D eigenvalue weighted by atomic mass is 79.9. The number of ether oxygens (including phenoxy) is 1.